The van der Waals surface area contributed by atoms with E-state index >= 15 is 0 Å². The normalized spacial score (nSPS) is 25.7. The van der Waals surface area contributed by atoms with E-state index in [1.54, 1.807) is 4.90 Å². The van der Waals surface area contributed by atoms with E-state index in [9.17, 15) is 14.7 Å². The molecule has 5 heteroatoms. The molecule has 1 heterocycles. The number of nitrogens with zero attached hydrogens (tertiary/aromatic N) is 1. The highest BCUT2D eigenvalue weighted by Crippen LogP contribution is 2.33. The van der Waals surface area contributed by atoms with Crippen molar-refractivity contribution in [2.75, 3.05) is 13.1 Å². The fourth-order valence-corrected chi connectivity index (χ4v) is 2.83. The zero-order valence-electron chi connectivity index (χ0n) is 12.8. The number of amides is 1. The number of hydrogen-bond acceptors (Lipinski definition) is 3. The van der Waals surface area contributed by atoms with Crippen molar-refractivity contribution in [3.05, 3.63) is 23.8 Å². The van der Waals surface area contributed by atoms with Gasteiger partial charge in [-0.2, -0.15) is 0 Å². The Morgan fingerprint density at radius 3 is 2.71 bits per heavy atom. The summed E-state index contributed by atoms with van der Waals surface area (Å²) >= 11 is 0. The molecule has 0 bridgehead atoms. The summed E-state index contributed by atoms with van der Waals surface area (Å²) in [6.45, 7) is 6.68. The molecule has 2 unspecified atom stereocenters. The summed E-state index contributed by atoms with van der Waals surface area (Å²) in [6.07, 6.45) is 6.69. The summed E-state index contributed by atoms with van der Waals surface area (Å²) in [4.78, 5) is 25.1. The van der Waals surface area contributed by atoms with E-state index in [0.717, 1.165) is 12.0 Å². The van der Waals surface area contributed by atoms with Gasteiger partial charge < -0.3 is 14.7 Å². The topological polar surface area (TPSA) is 66.8 Å². The van der Waals surface area contributed by atoms with Crippen LogP contribution >= 0.6 is 0 Å². The zero-order chi connectivity index (χ0) is 15.6. The maximum atomic E-state index is 12.1. The average molecular weight is 293 g/mol. The van der Waals surface area contributed by atoms with Crippen molar-refractivity contribution in [1.29, 1.82) is 0 Å². The molecule has 0 aromatic rings. The van der Waals surface area contributed by atoms with E-state index in [1.807, 2.05) is 39.0 Å². The van der Waals surface area contributed by atoms with Crippen LogP contribution in [0.4, 0.5) is 4.79 Å². The van der Waals surface area contributed by atoms with Crippen LogP contribution in [0.1, 0.15) is 33.6 Å². The summed E-state index contributed by atoms with van der Waals surface area (Å²) in [7, 11) is 0. The summed E-state index contributed by atoms with van der Waals surface area (Å²) in [6, 6.07) is 0. The summed E-state index contributed by atoms with van der Waals surface area (Å²) in [5.74, 6) is -1.14. The van der Waals surface area contributed by atoms with E-state index in [-0.39, 0.29) is 12.0 Å². The van der Waals surface area contributed by atoms with Gasteiger partial charge in [0.05, 0.1) is 5.92 Å². The largest absolute Gasteiger partial charge is 0.481 e. The Balaban J connectivity index is 2.02. The first kappa shape index (κ1) is 15.6. The van der Waals surface area contributed by atoms with Gasteiger partial charge in [0.25, 0.3) is 0 Å². The predicted molar refractivity (Wildman–Crippen MR) is 78.9 cm³/mol. The van der Waals surface area contributed by atoms with Crippen molar-refractivity contribution in [3.63, 3.8) is 0 Å². The Morgan fingerprint density at radius 2 is 2.10 bits per heavy atom. The Labute approximate surface area is 125 Å². The number of allylic oxidation sites excluding steroid dienone is 3. The Morgan fingerprint density at radius 1 is 1.38 bits per heavy atom. The van der Waals surface area contributed by atoms with Crippen molar-refractivity contribution in [2.45, 2.75) is 39.2 Å². The van der Waals surface area contributed by atoms with Crippen molar-refractivity contribution in [3.8, 4) is 0 Å². The number of hydrogen-bond donors (Lipinski definition) is 1. The summed E-state index contributed by atoms with van der Waals surface area (Å²) in [5, 5.41) is 9.32. The van der Waals surface area contributed by atoms with Gasteiger partial charge in [0.2, 0.25) is 0 Å². The molecule has 0 saturated carbocycles. The smallest absolute Gasteiger partial charge is 0.410 e. The molecule has 2 rings (SSSR count). The van der Waals surface area contributed by atoms with Crippen LogP contribution in [-0.2, 0) is 9.53 Å². The molecule has 0 aromatic heterocycles. The highest BCUT2D eigenvalue weighted by atomic mass is 16.6. The lowest BCUT2D eigenvalue weighted by Crippen LogP contribution is -2.35. The van der Waals surface area contributed by atoms with Crippen LogP contribution in [0.25, 0.3) is 0 Å². The molecule has 2 atom stereocenters. The third-order valence-electron chi connectivity index (χ3n) is 3.81. The van der Waals surface area contributed by atoms with E-state index in [1.165, 1.54) is 0 Å². The number of rotatable bonds is 2. The predicted octanol–water partition coefficient (Wildman–Crippen LogP) is 2.83. The van der Waals surface area contributed by atoms with E-state index in [0.29, 0.717) is 19.5 Å². The summed E-state index contributed by atoms with van der Waals surface area (Å²) in [5.41, 5.74) is 0.419. The third kappa shape index (κ3) is 3.86. The highest BCUT2D eigenvalue weighted by molar-refractivity contribution is 5.75. The van der Waals surface area contributed by atoms with Gasteiger partial charge in [-0.3, -0.25) is 4.79 Å². The van der Waals surface area contributed by atoms with Gasteiger partial charge in [-0.05, 0) is 33.6 Å². The first-order valence-corrected chi connectivity index (χ1v) is 7.35. The monoisotopic (exact) mass is 293 g/mol. The van der Waals surface area contributed by atoms with Crippen LogP contribution < -0.4 is 0 Å². The number of ether oxygens (including phenoxy) is 1. The van der Waals surface area contributed by atoms with E-state index in [2.05, 4.69) is 0 Å². The lowest BCUT2D eigenvalue weighted by atomic mass is 9.82. The first-order chi connectivity index (χ1) is 9.78. The molecule has 2 aliphatic rings. The van der Waals surface area contributed by atoms with Crippen LogP contribution in [0, 0.1) is 11.8 Å². The minimum absolute atomic E-state index is 0.114. The molecule has 116 valence electrons. The van der Waals surface area contributed by atoms with Gasteiger partial charge >= 0.3 is 12.1 Å². The van der Waals surface area contributed by atoms with Crippen molar-refractivity contribution >= 4 is 12.1 Å². The van der Waals surface area contributed by atoms with Crippen LogP contribution in [-0.4, -0.2) is 40.8 Å². The van der Waals surface area contributed by atoms with Crippen molar-refractivity contribution < 1.29 is 19.4 Å². The second-order valence-corrected chi connectivity index (χ2v) is 6.63. The number of carbonyl (C=O) groups excluding carboxylic acids is 1. The molecule has 1 N–H and O–H groups in total. The molecule has 5 nitrogen and oxygen atoms in total. The molecule has 0 aromatic carbocycles. The minimum Gasteiger partial charge on any atom is -0.481 e. The maximum absolute atomic E-state index is 12.1. The van der Waals surface area contributed by atoms with Crippen LogP contribution in [0.3, 0.4) is 0 Å². The molecular formula is C16H23NO4. The second-order valence-electron chi connectivity index (χ2n) is 6.63. The molecule has 1 aliphatic carbocycles. The fourth-order valence-electron chi connectivity index (χ4n) is 2.83. The number of carboxylic acid groups (broad SMARTS) is 1. The van der Waals surface area contributed by atoms with E-state index < -0.39 is 17.5 Å². The van der Waals surface area contributed by atoms with Gasteiger partial charge in [-0.25, -0.2) is 4.79 Å². The number of carbonyl (C=O) groups is 2. The standard InChI is InChI=1S/C16H23NO4/c1-16(2,3)21-15(20)17-9-8-11(10-17)12-6-4-5-7-13(12)14(18)19/h4-6,11,13H,7-10H2,1-3H3,(H,18,19). The quantitative estimate of drug-likeness (QED) is 0.850. The number of likely N-dealkylation sites (tertiary alicyclic amines) is 1. The Kier molecular flexibility index (Phi) is 4.40. The second kappa shape index (κ2) is 5.92. The number of carboxylic acids is 1. The van der Waals surface area contributed by atoms with Gasteiger partial charge in [0, 0.05) is 19.0 Å². The molecular weight excluding hydrogens is 270 g/mol. The minimum atomic E-state index is -0.790. The molecule has 0 spiro atoms. The Bertz CT molecular complexity index is 487. The van der Waals surface area contributed by atoms with Gasteiger partial charge in [0.15, 0.2) is 0 Å². The van der Waals surface area contributed by atoms with Gasteiger partial charge in [-0.15, -0.1) is 0 Å². The van der Waals surface area contributed by atoms with Crippen LogP contribution in [0.15, 0.2) is 23.8 Å². The molecule has 1 saturated heterocycles. The Hall–Kier alpha value is -1.78. The maximum Gasteiger partial charge on any atom is 0.410 e. The van der Waals surface area contributed by atoms with Gasteiger partial charge in [0.1, 0.15) is 5.60 Å². The van der Waals surface area contributed by atoms with Crippen molar-refractivity contribution in [1.82, 2.24) is 4.90 Å². The van der Waals surface area contributed by atoms with E-state index in [4.69, 9.17) is 4.74 Å². The third-order valence-corrected chi connectivity index (χ3v) is 3.81. The number of aliphatic carboxylic acids is 1. The van der Waals surface area contributed by atoms with Crippen LogP contribution in [0.2, 0.25) is 0 Å². The average Bonchev–Trinajstić information content (AvgIpc) is 2.86. The molecule has 1 aliphatic heterocycles. The van der Waals surface area contributed by atoms with Gasteiger partial charge in [-0.1, -0.05) is 23.8 Å². The zero-order valence-corrected chi connectivity index (χ0v) is 12.8. The SMILES string of the molecule is CC(C)(C)OC(=O)N1CCC(C2=CC=CCC2C(=O)O)C1. The fraction of sp³-hybridized carbons (Fsp3) is 0.625. The first-order valence-electron chi connectivity index (χ1n) is 7.35. The van der Waals surface area contributed by atoms with Crippen LogP contribution in [0.5, 0.6) is 0 Å². The molecule has 1 amide bonds. The molecule has 21 heavy (non-hydrogen) atoms. The lowest BCUT2D eigenvalue weighted by Gasteiger charge is -2.26. The summed E-state index contributed by atoms with van der Waals surface area (Å²) < 4.78 is 5.37. The highest BCUT2D eigenvalue weighted by Gasteiger charge is 2.35. The van der Waals surface area contributed by atoms with Crippen molar-refractivity contribution in [2.24, 2.45) is 11.8 Å². The molecule has 1 fully saturated rings. The lowest BCUT2D eigenvalue weighted by molar-refractivity contribution is -0.140. The molecule has 0 radical (unpaired) electrons.